The summed E-state index contributed by atoms with van der Waals surface area (Å²) in [4.78, 5) is 12.6. The molecule has 0 saturated carbocycles. The summed E-state index contributed by atoms with van der Waals surface area (Å²) >= 11 is 9.38. The first kappa shape index (κ1) is 19.7. The second-order valence-electron chi connectivity index (χ2n) is 6.11. The standard InChI is InChI=1S/C21H12BrClO5S/c22-14-5-8-16(9-6-14)29(25,26)28-15-7-10-17-19(12-15)27-20(21(17)24)11-13-3-1-2-4-18(13)23/h1-12H. The second kappa shape index (κ2) is 7.67. The van der Waals surface area contributed by atoms with Crippen molar-refractivity contribution in [1.29, 1.82) is 0 Å². The lowest BCUT2D eigenvalue weighted by molar-refractivity contribution is 0.101. The smallest absolute Gasteiger partial charge is 0.339 e. The van der Waals surface area contributed by atoms with Gasteiger partial charge < -0.3 is 8.92 Å². The highest BCUT2D eigenvalue weighted by atomic mass is 79.9. The van der Waals surface area contributed by atoms with Crippen molar-refractivity contribution in [2.75, 3.05) is 0 Å². The van der Waals surface area contributed by atoms with Gasteiger partial charge in [-0.1, -0.05) is 45.7 Å². The number of carbonyl (C=O) groups excluding carboxylic acids is 1. The molecule has 0 amide bonds. The van der Waals surface area contributed by atoms with Crippen LogP contribution in [0.3, 0.4) is 0 Å². The Kier molecular flexibility index (Phi) is 5.21. The average Bonchev–Trinajstić information content (AvgIpc) is 2.98. The Morgan fingerprint density at radius 2 is 1.72 bits per heavy atom. The summed E-state index contributed by atoms with van der Waals surface area (Å²) < 4.78 is 36.5. The molecule has 146 valence electrons. The summed E-state index contributed by atoms with van der Waals surface area (Å²) in [5.41, 5.74) is 0.955. The molecular weight excluding hydrogens is 480 g/mol. The van der Waals surface area contributed by atoms with Gasteiger partial charge in [-0.2, -0.15) is 8.42 Å². The van der Waals surface area contributed by atoms with Crippen LogP contribution in [-0.2, 0) is 10.1 Å². The van der Waals surface area contributed by atoms with E-state index in [0.717, 1.165) is 4.47 Å². The molecule has 1 aliphatic rings. The van der Waals surface area contributed by atoms with E-state index >= 15 is 0 Å². The minimum Gasteiger partial charge on any atom is -0.452 e. The highest BCUT2D eigenvalue weighted by Crippen LogP contribution is 2.36. The predicted molar refractivity (Wildman–Crippen MR) is 113 cm³/mol. The Labute approximate surface area is 180 Å². The molecule has 0 atom stereocenters. The summed E-state index contributed by atoms with van der Waals surface area (Å²) in [5.74, 6) is 0.0403. The molecule has 0 fully saturated rings. The number of carbonyl (C=O) groups is 1. The first-order valence-electron chi connectivity index (χ1n) is 8.36. The lowest BCUT2D eigenvalue weighted by atomic mass is 10.1. The first-order valence-corrected chi connectivity index (χ1v) is 10.9. The normalized spacial score (nSPS) is 14.6. The molecule has 0 unspecified atom stereocenters. The van der Waals surface area contributed by atoms with E-state index in [1.165, 1.54) is 30.3 Å². The fourth-order valence-corrected chi connectivity index (χ4v) is 4.11. The van der Waals surface area contributed by atoms with Crippen LogP contribution in [0.5, 0.6) is 11.5 Å². The van der Waals surface area contributed by atoms with Crippen LogP contribution in [0.2, 0.25) is 5.02 Å². The van der Waals surface area contributed by atoms with Gasteiger partial charge >= 0.3 is 10.1 Å². The molecule has 8 heteroatoms. The number of hydrogen-bond donors (Lipinski definition) is 0. The fourth-order valence-electron chi connectivity index (χ4n) is 2.73. The van der Waals surface area contributed by atoms with Gasteiger partial charge in [0, 0.05) is 15.6 Å². The molecule has 29 heavy (non-hydrogen) atoms. The number of fused-ring (bicyclic) bond motifs is 1. The quantitative estimate of drug-likeness (QED) is 0.357. The number of ketones is 1. The van der Waals surface area contributed by atoms with Gasteiger partial charge in [0.05, 0.1) is 5.56 Å². The largest absolute Gasteiger partial charge is 0.452 e. The van der Waals surface area contributed by atoms with E-state index in [2.05, 4.69) is 15.9 Å². The minimum atomic E-state index is -4.02. The number of ether oxygens (including phenoxy) is 1. The van der Waals surface area contributed by atoms with Crippen LogP contribution in [-0.4, -0.2) is 14.2 Å². The average molecular weight is 492 g/mol. The third-order valence-corrected chi connectivity index (χ3v) is 6.28. The number of rotatable bonds is 4. The zero-order valence-electron chi connectivity index (χ0n) is 14.6. The first-order chi connectivity index (χ1) is 13.8. The van der Waals surface area contributed by atoms with Crippen LogP contribution >= 0.6 is 27.5 Å². The van der Waals surface area contributed by atoms with Gasteiger partial charge in [0.25, 0.3) is 0 Å². The third kappa shape index (κ3) is 4.07. The molecule has 0 bridgehead atoms. The van der Waals surface area contributed by atoms with Crippen LogP contribution in [0.4, 0.5) is 0 Å². The molecule has 0 spiro atoms. The number of Topliss-reactive ketones (excluding diaryl/α,β-unsaturated/α-hetero) is 1. The number of benzene rings is 3. The molecule has 0 aliphatic carbocycles. The summed E-state index contributed by atoms with van der Waals surface area (Å²) in [6.07, 6.45) is 1.55. The van der Waals surface area contributed by atoms with Crippen molar-refractivity contribution in [1.82, 2.24) is 0 Å². The van der Waals surface area contributed by atoms with Crippen molar-refractivity contribution >= 4 is 49.5 Å². The molecule has 1 heterocycles. The van der Waals surface area contributed by atoms with E-state index in [1.54, 1.807) is 42.5 Å². The molecule has 5 nitrogen and oxygen atoms in total. The van der Waals surface area contributed by atoms with Gasteiger partial charge in [-0.05, 0) is 54.1 Å². The maximum Gasteiger partial charge on any atom is 0.339 e. The van der Waals surface area contributed by atoms with Crippen LogP contribution in [0.1, 0.15) is 15.9 Å². The van der Waals surface area contributed by atoms with Crippen molar-refractivity contribution in [3.05, 3.63) is 93.1 Å². The molecule has 1 aliphatic heterocycles. The van der Waals surface area contributed by atoms with Crippen molar-refractivity contribution in [2.24, 2.45) is 0 Å². The van der Waals surface area contributed by atoms with Gasteiger partial charge in [0.1, 0.15) is 16.4 Å². The van der Waals surface area contributed by atoms with Gasteiger partial charge in [-0.15, -0.1) is 0 Å². The molecule has 0 saturated heterocycles. The zero-order valence-corrected chi connectivity index (χ0v) is 17.8. The Morgan fingerprint density at radius 3 is 2.45 bits per heavy atom. The second-order valence-corrected chi connectivity index (χ2v) is 8.98. The third-order valence-electron chi connectivity index (χ3n) is 4.14. The Hall–Kier alpha value is -2.61. The Bertz CT molecular complexity index is 1250. The number of allylic oxidation sites excluding steroid dienone is 1. The minimum absolute atomic E-state index is 0.0116. The van der Waals surface area contributed by atoms with Gasteiger partial charge in [0.15, 0.2) is 5.76 Å². The molecular formula is C21H12BrClO5S. The number of halogens is 2. The van der Waals surface area contributed by atoms with E-state index in [9.17, 15) is 13.2 Å². The SMILES string of the molecule is O=C1C(=Cc2ccccc2Cl)Oc2cc(OS(=O)(=O)c3ccc(Br)cc3)ccc21. The number of hydrogen-bond acceptors (Lipinski definition) is 5. The maximum absolute atomic E-state index is 12.6. The maximum atomic E-state index is 12.6. The van der Waals surface area contributed by atoms with Crippen molar-refractivity contribution in [3.63, 3.8) is 0 Å². The lowest BCUT2D eigenvalue weighted by Gasteiger charge is -2.08. The van der Waals surface area contributed by atoms with E-state index in [0.29, 0.717) is 16.1 Å². The molecule has 3 aromatic carbocycles. The van der Waals surface area contributed by atoms with E-state index in [1.807, 2.05) is 0 Å². The highest BCUT2D eigenvalue weighted by molar-refractivity contribution is 9.10. The summed E-state index contributed by atoms with van der Waals surface area (Å²) in [5, 5.41) is 0.483. The zero-order chi connectivity index (χ0) is 20.6. The van der Waals surface area contributed by atoms with Crippen LogP contribution in [0.25, 0.3) is 6.08 Å². The molecule has 4 rings (SSSR count). The van der Waals surface area contributed by atoms with E-state index < -0.39 is 10.1 Å². The Balaban J connectivity index is 1.61. The van der Waals surface area contributed by atoms with Gasteiger partial charge in [-0.25, -0.2) is 0 Å². The van der Waals surface area contributed by atoms with E-state index in [-0.39, 0.29) is 27.9 Å². The summed E-state index contributed by atoms with van der Waals surface area (Å²) in [6, 6.07) is 17.4. The van der Waals surface area contributed by atoms with Crippen molar-refractivity contribution < 1.29 is 22.1 Å². The van der Waals surface area contributed by atoms with Crippen LogP contribution in [0, 0.1) is 0 Å². The lowest BCUT2D eigenvalue weighted by Crippen LogP contribution is -2.09. The van der Waals surface area contributed by atoms with Crippen LogP contribution < -0.4 is 8.92 Å². The van der Waals surface area contributed by atoms with Crippen molar-refractivity contribution in [3.8, 4) is 11.5 Å². The highest BCUT2D eigenvalue weighted by Gasteiger charge is 2.29. The van der Waals surface area contributed by atoms with Crippen molar-refractivity contribution in [2.45, 2.75) is 4.90 Å². The molecule has 3 aromatic rings. The van der Waals surface area contributed by atoms with Gasteiger partial charge in [-0.3, -0.25) is 4.79 Å². The molecule has 0 N–H and O–H groups in total. The summed E-state index contributed by atoms with van der Waals surface area (Å²) in [7, 11) is -4.02. The van der Waals surface area contributed by atoms with Crippen LogP contribution in [0.15, 0.2) is 81.9 Å². The molecule has 0 aromatic heterocycles. The fraction of sp³-hybridized carbons (Fsp3) is 0. The van der Waals surface area contributed by atoms with E-state index in [4.69, 9.17) is 20.5 Å². The monoisotopic (exact) mass is 490 g/mol. The summed E-state index contributed by atoms with van der Waals surface area (Å²) in [6.45, 7) is 0. The van der Waals surface area contributed by atoms with Gasteiger partial charge in [0.2, 0.25) is 5.78 Å². The predicted octanol–water partition coefficient (Wildman–Crippen LogP) is 5.49. The molecule has 0 radical (unpaired) electrons. The Morgan fingerprint density at radius 1 is 1.00 bits per heavy atom. The topological polar surface area (TPSA) is 69.7 Å².